The lowest BCUT2D eigenvalue weighted by Gasteiger charge is -2.37. The Bertz CT molecular complexity index is 1240. The maximum Gasteiger partial charge on any atom is 0.410 e. The van der Waals surface area contributed by atoms with Gasteiger partial charge in [-0.15, -0.1) is 0 Å². The summed E-state index contributed by atoms with van der Waals surface area (Å²) in [6, 6.07) is -0.933. The standard InChI is InChI=1S/C21H28N6O7/c1-24-17-16(18(29)25(2)20(24)31)22-14(23-17)5-4-6-15(28)26-9-7-12(8-10-26)27-13(19(30)33-3)11-34-21(27)32/h12-13H,4-11H2,1-3H3,(H,22,23). The molecular formula is C21H28N6O7. The van der Waals surface area contributed by atoms with Crippen LogP contribution in [0.2, 0.25) is 0 Å². The number of hydrogen-bond donors (Lipinski definition) is 1. The van der Waals surface area contributed by atoms with Crippen LogP contribution in [0.25, 0.3) is 11.2 Å². The number of cyclic esters (lactones) is 1. The number of hydrogen-bond acceptors (Lipinski definition) is 8. The van der Waals surface area contributed by atoms with E-state index in [2.05, 4.69) is 9.97 Å². The second-order valence-electron chi connectivity index (χ2n) is 8.58. The van der Waals surface area contributed by atoms with E-state index in [-0.39, 0.29) is 24.1 Å². The van der Waals surface area contributed by atoms with Crippen LogP contribution in [-0.2, 0) is 39.6 Å². The molecule has 13 nitrogen and oxygen atoms in total. The first-order valence-corrected chi connectivity index (χ1v) is 11.2. The SMILES string of the molecule is COC(=O)C1COC(=O)N1C1CCN(C(=O)CCCc2nc3c([nH]2)c(=O)n(C)c(=O)n3C)CC1. The molecule has 1 N–H and O–H groups in total. The highest BCUT2D eigenvalue weighted by Crippen LogP contribution is 2.25. The number of ether oxygens (including phenoxy) is 2. The Balaban J connectivity index is 1.30. The van der Waals surface area contributed by atoms with Crippen LogP contribution >= 0.6 is 0 Å². The van der Waals surface area contributed by atoms with Gasteiger partial charge in [0.25, 0.3) is 5.56 Å². The molecule has 2 aliphatic heterocycles. The van der Waals surface area contributed by atoms with E-state index in [1.807, 2.05) is 0 Å². The second-order valence-corrected chi connectivity index (χ2v) is 8.58. The Hall–Kier alpha value is -3.64. The summed E-state index contributed by atoms with van der Waals surface area (Å²) in [5.41, 5.74) is -0.331. The number of carbonyl (C=O) groups excluding carboxylic acids is 3. The molecule has 0 aromatic carbocycles. The summed E-state index contributed by atoms with van der Waals surface area (Å²) in [5.74, 6) is 0.0282. The summed E-state index contributed by atoms with van der Waals surface area (Å²) in [6.07, 6.45) is 1.85. The fourth-order valence-corrected chi connectivity index (χ4v) is 4.60. The highest BCUT2D eigenvalue weighted by Gasteiger charge is 2.44. The van der Waals surface area contributed by atoms with Gasteiger partial charge in [0.15, 0.2) is 11.7 Å². The van der Waals surface area contributed by atoms with Gasteiger partial charge in [-0.3, -0.25) is 23.6 Å². The Labute approximate surface area is 194 Å². The van der Waals surface area contributed by atoms with E-state index >= 15 is 0 Å². The van der Waals surface area contributed by atoms with Crippen molar-refractivity contribution in [2.24, 2.45) is 14.1 Å². The molecular weight excluding hydrogens is 448 g/mol. The average molecular weight is 476 g/mol. The molecule has 2 aromatic rings. The second kappa shape index (κ2) is 9.31. The molecule has 2 amide bonds. The molecule has 0 spiro atoms. The molecule has 2 aliphatic rings. The van der Waals surface area contributed by atoms with Gasteiger partial charge in [-0.05, 0) is 19.3 Å². The molecule has 184 valence electrons. The molecule has 1 atom stereocenters. The van der Waals surface area contributed by atoms with Crippen LogP contribution in [0, 0.1) is 0 Å². The summed E-state index contributed by atoms with van der Waals surface area (Å²) in [5, 5.41) is 0. The van der Waals surface area contributed by atoms with Crippen molar-refractivity contribution in [2.75, 3.05) is 26.8 Å². The minimum atomic E-state index is -0.745. The number of amides is 2. The van der Waals surface area contributed by atoms with Crippen LogP contribution in [0.4, 0.5) is 4.79 Å². The molecule has 4 rings (SSSR count). The van der Waals surface area contributed by atoms with Gasteiger partial charge < -0.3 is 19.4 Å². The Morgan fingerprint density at radius 1 is 1.15 bits per heavy atom. The van der Waals surface area contributed by atoms with Crippen LogP contribution in [0.1, 0.15) is 31.5 Å². The van der Waals surface area contributed by atoms with Crippen molar-refractivity contribution in [3.63, 3.8) is 0 Å². The van der Waals surface area contributed by atoms with Crippen molar-refractivity contribution in [2.45, 2.75) is 44.2 Å². The highest BCUT2D eigenvalue weighted by molar-refractivity contribution is 5.84. The predicted molar refractivity (Wildman–Crippen MR) is 118 cm³/mol. The number of aromatic nitrogens is 4. The smallest absolute Gasteiger partial charge is 0.410 e. The van der Waals surface area contributed by atoms with Crippen LogP contribution in [0.15, 0.2) is 9.59 Å². The first kappa shape index (κ1) is 23.5. The molecule has 4 heterocycles. The minimum Gasteiger partial charge on any atom is -0.467 e. The Kier molecular flexibility index (Phi) is 6.44. The van der Waals surface area contributed by atoms with Gasteiger partial charge in [-0.2, -0.15) is 0 Å². The summed E-state index contributed by atoms with van der Waals surface area (Å²) in [6.45, 7) is 0.931. The normalized spacial score (nSPS) is 19.0. The zero-order valence-electron chi connectivity index (χ0n) is 19.4. The zero-order chi connectivity index (χ0) is 24.6. The van der Waals surface area contributed by atoms with E-state index in [0.717, 1.165) is 4.57 Å². The van der Waals surface area contributed by atoms with Gasteiger partial charge in [0.1, 0.15) is 17.9 Å². The number of esters is 1. The zero-order valence-corrected chi connectivity index (χ0v) is 19.4. The topological polar surface area (TPSA) is 149 Å². The van der Waals surface area contributed by atoms with Crippen molar-refractivity contribution < 1.29 is 23.9 Å². The minimum absolute atomic E-state index is 0.00797. The van der Waals surface area contributed by atoms with E-state index in [9.17, 15) is 24.0 Å². The van der Waals surface area contributed by atoms with E-state index in [0.29, 0.717) is 56.7 Å². The van der Waals surface area contributed by atoms with Crippen molar-refractivity contribution in [1.29, 1.82) is 0 Å². The van der Waals surface area contributed by atoms with Crippen molar-refractivity contribution in [3.8, 4) is 0 Å². The number of piperidine rings is 1. The summed E-state index contributed by atoms with van der Waals surface area (Å²) >= 11 is 0. The molecule has 13 heteroatoms. The van der Waals surface area contributed by atoms with E-state index in [1.165, 1.54) is 23.6 Å². The highest BCUT2D eigenvalue weighted by atomic mass is 16.6. The van der Waals surface area contributed by atoms with Crippen molar-refractivity contribution in [3.05, 3.63) is 26.7 Å². The molecule has 0 aliphatic carbocycles. The fourth-order valence-electron chi connectivity index (χ4n) is 4.60. The Morgan fingerprint density at radius 2 is 1.85 bits per heavy atom. The third-order valence-electron chi connectivity index (χ3n) is 6.54. The molecule has 2 fully saturated rings. The number of methoxy groups -OCH3 is 1. The lowest BCUT2D eigenvalue weighted by Crippen LogP contribution is -2.51. The molecule has 1 unspecified atom stereocenters. The fraction of sp³-hybridized carbons (Fsp3) is 0.619. The maximum absolute atomic E-state index is 12.7. The van der Waals surface area contributed by atoms with Gasteiger partial charge in [-0.1, -0.05) is 0 Å². The number of aryl methyl sites for hydroxylation is 2. The number of carbonyl (C=O) groups is 3. The number of likely N-dealkylation sites (tertiary alicyclic amines) is 1. The van der Waals surface area contributed by atoms with Crippen molar-refractivity contribution >= 4 is 29.1 Å². The summed E-state index contributed by atoms with van der Waals surface area (Å²) in [7, 11) is 4.24. The molecule has 2 aromatic heterocycles. The lowest BCUT2D eigenvalue weighted by atomic mass is 10.0. The third-order valence-corrected chi connectivity index (χ3v) is 6.54. The number of nitrogens with zero attached hydrogens (tertiary/aromatic N) is 5. The van der Waals surface area contributed by atoms with Crippen LogP contribution in [0.5, 0.6) is 0 Å². The van der Waals surface area contributed by atoms with E-state index < -0.39 is 29.4 Å². The predicted octanol–water partition coefficient (Wildman–Crippen LogP) is -0.732. The van der Waals surface area contributed by atoms with E-state index in [1.54, 1.807) is 11.9 Å². The molecule has 0 bridgehead atoms. The molecule has 0 radical (unpaired) electrons. The van der Waals surface area contributed by atoms with Gasteiger partial charge in [-0.25, -0.2) is 19.4 Å². The van der Waals surface area contributed by atoms with Crippen molar-refractivity contribution in [1.82, 2.24) is 28.9 Å². The maximum atomic E-state index is 12.7. The molecule has 0 saturated carbocycles. The Morgan fingerprint density at radius 3 is 2.53 bits per heavy atom. The monoisotopic (exact) mass is 476 g/mol. The van der Waals surface area contributed by atoms with Gasteiger partial charge in [0.05, 0.1) is 7.11 Å². The summed E-state index contributed by atoms with van der Waals surface area (Å²) < 4.78 is 12.1. The average Bonchev–Trinajstić information content (AvgIpc) is 3.45. The van der Waals surface area contributed by atoms with Gasteiger partial charge >= 0.3 is 17.8 Å². The lowest BCUT2D eigenvalue weighted by molar-refractivity contribution is -0.146. The number of imidazole rings is 1. The largest absolute Gasteiger partial charge is 0.467 e. The number of H-pyrrole nitrogens is 1. The first-order chi connectivity index (χ1) is 16.2. The molecule has 2 saturated heterocycles. The van der Waals surface area contributed by atoms with Gasteiger partial charge in [0.2, 0.25) is 5.91 Å². The number of aromatic amines is 1. The number of nitrogens with one attached hydrogen (secondary N) is 1. The van der Waals surface area contributed by atoms with Crippen LogP contribution < -0.4 is 11.2 Å². The molecule has 34 heavy (non-hydrogen) atoms. The van der Waals surface area contributed by atoms with Gasteiger partial charge in [0, 0.05) is 46.1 Å². The van der Waals surface area contributed by atoms with Crippen LogP contribution in [0.3, 0.4) is 0 Å². The number of rotatable bonds is 6. The quantitative estimate of drug-likeness (QED) is 0.536. The number of fused-ring (bicyclic) bond motifs is 1. The first-order valence-electron chi connectivity index (χ1n) is 11.2. The van der Waals surface area contributed by atoms with Crippen LogP contribution in [-0.4, -0.2) is 85.8 Å². The third kappa shape index (κ3) is 4.17. The summed E-state index contributed by atoms with van der Waals surface area (Å²) in [4.78, 5) is 71.6. The van der Waals surface area contributed by atoms with E-state index in [4.69, 9.17) is 9.47 Å².